The van der Waals surface area contributed by atoms with Crippen molar-refractivity contribution in [2.45, 2.75) is 57.7 Å². The zero-order valence-electron chi connectivity index (χ0n) is 9.03. The molecule has 0 bridgehead atoms. The van der Waals surface area contributed by atoms with Crippen LogP contribution in [0.3, 0.4) is 0 Å². The molecule has 1 rings (SSSR count). The Morgan fingerprint density at radius 1 is 1.13 bits per heavy atom. The van der Waals surface area contributed by atoms with Crippen LogP contribution in [0.4, 0.5) is 0 Å². The summed E-state index contributed by atoms with van der Waals surface area (Å²) in [5.74, 6) is -1.71. The normalized spacial score (nSPS) is 21.5. The van der Waals surface area contributed by atoms with E-state index >= 15 is 0 Å². The lowest BCUT2D eigenvalue weighted by atomic mass is 9.96. The van der Waals surface area contributed by atoms with Crippen molar-refractivity contribution in [3.8, 4) is 0 Å². The van der Waals surface area contributed by atoms with Gasteiger partial charge in [-0.15, -0.1) is 4.89 Å². The first-order valence-electron chi connectivity index (χ1n) is 5.37. The van der Waals surface area contributed by atoms with Crippen LogP contribution in [0, 0.1) is 0 Å². The molecule has 1 fully saturated rings. The molecule has 88 valence electrons. The average Bonchev–Trinajstić information content (AvgIpc) is 2.17. The molecule has 1 N–H and O–H groups in total. The van der Waals surface area contributed by atoms with E-state index in [2.05, 4.69) is 9.78 Å². The minimum absolute atomic E-state index is 0.538. The molecule has 0 saturated heterocycles. The lowest BCUT2D eigenvalue weighted by Crippen LogP contribution is -2.36. The largest absolute Gasteiger partial charge is 0.339 e. The van der Waals surface area contributed by atoms with Gasteiger partial charge in [-0.3, -0.25) is 4.89 Å². The van der Waals surface area contributed by atoms with E-state index in [1.807, 2.05) is 0 Å². The molecule has 0 unspecified atom stereocenters. The summed E-state index contributed by atoms with van der Waals surface area (Å²) in [6.07, 6.45) is 6.20. The van der Waals surface area contributed by atoms with Crippen LogP contribution in [0.2, 0.25) is 0 Å². The molecule has 5 nitrogen and oxygen atoms in total. The number of carbonyl (C=O) groups is 1. The molecule has 0 aromatic carbocycles. The van der Waals surface area contributed by atoms with Gasteiger partial charge in [0.1, 0.15) is 0 Å². The zero-order valence-corrected chi connectivity index (χ0v) is 9.03. The van der Waals surface area contributed by atoms with Gasteiger partial charge in [-0.2, -0.15) is 4.89 Å². The summed E-state index contributed by atoms with van der Waals surface area (Å²) in [6.45, 7) is 1.24. The van der Waals surface area contributed by atoms with Crippen molar-refractivity contribution in [2.24, 2.45) is 0 Å². The van der Waals surface area contributed by atoms with Crippen LogP contribution in [-0.2, 0) is 19.5 Å². The molecule has 1 aliphatic rings. The molecule has 0 spiro atoms. The quantitative estimate of drug-likeness (QED) is 0.447. The van der Waals surface area contributed by atoms with E-state index in [9.17, 15) is 4.79 Å². The Labute approximate surface area is 89.2 Å². The summed E-state index contributed by atoms with van der Waals surface area (Å²) in [6, 6.07) is 0. The Kier molecular flexibility index (Phi) is 5.01. The van der Waals surface area contributed by atoms with Crippen LogP contribution in [0.1, 0.15) is 51.9 Å². The lowest BCUT2D eigenvalue weighted by Gasteiger charge is -2.29. The SMILES string of the molecule is CC(=O)OOC1(OO)CCCCCCC1. The summed E-state index contributed by atoms with van der Waals surface area (Å²) in [7, 11) is 0. The maximum atomic E-state index is 10.6. The van der Waals surface area contributed by atoms with Crippen molar-refractivity contribution < 1.29 is 24.7 Å². The van der Waals surface area contributed by atoms with E-state index in [-0.39, 0.29) is 0 Å². The van der Waals surface area contributed by atoms with Crippen LogP contribution in [0.5, 0.6) is 0 Å². The molecule has 15 heavy (non-hydrogen) atoms. The highest BCUT2D eigenvalue weighted by Gasteiger charge is 2.35. The van der Waals surface area contributed by atoms with Gasteiger partial charge >= 0.3 is 5.97 Å². The molecule has 0 aromatic heterocycles. The maximum absolute atomic E-state index is 10.6. The molecule has 5 heteroatoms. The number of rotatable bonds is 3. The Balaban J connectivity index is 2.49. The summed E-state index contributed by atoms with van der Waals surface area (Å²) in [5, 5.41) is 8.85. The van der Waals surface area contributed by atoms with E-state index in [0.29, 0.717) is 12.8 Å². The molecule has 0 atom stereocenters. The van der Waals surface area contributed by atoms with Gasteiger partial charge in [0.25, 0.3) is 0 Å². The Hall–Kier alpha value is -0.650. The average molecular weight is 218 g/mol. The minimum Gasteiger partial charge on any atom is -0.296 e. The van der Waals surface area contributed by atoms with Crippen molar-refractivity contribution >= 4 is 5.97 Å². The van der Waals surface area contributed by atoms with Gasteiger partial charge in [0, 0.05) is 19.8 Å². The summed E-state index contributed by atoms with van der Waals surface area (Å²) >= 11 is 0. The Morgan fingerprint density at radius 3 is 2.13 bits per heavy atom. The summed E-state index contributed by atoms with van der Waals surface area (Å²) in [5.41, 5.74) is 0. The smallest absolute Gasteiger partial charge is 0.296 e. The predicted octanol–water partition coefficient (Wildman–Crippen LogP) is 2.41. The third kappa shape index (κ3) is 4.15. The van der Waals surface area contributed by atoms with E-state index in [0.717, 1.165) is 25.7 Å². The molecule has 0 aromatic rings. The van der Waals surface area contributed by atoms with Gasteiger partial charge in [-0.1, -0.05) is 19.3 Å². The molecule has 0 aliphatic heterocycles. The van der Waals surface area contributed by atoms with E-state index < -0.39 is 11.8 Å². The van der Waals surface area contributed by atoms with Crippen LogP contribution in [0.15, 0.2) is 0 Å². The lowest BCUT2D eigenvalue weighted by molar-refractivity contribution is -0.487. The molecular weight excluding hydrogens is 200 g/mol. The second-order valence-corrected chi connectivity index (χ2v) is 3.93. The fourth-order valence-corrected chi connectivity index (χ4v) is 1.77. The fraction of sp³-hybridized carbons (Fsp3) is 0.900. The van der Waals surface area contributed by atoms with Gasteiger partial charge < -0.3 is 0 Å². The second kappa shape index (κ2) is 6.05. The molecule has 0 amide bonds. The first-order chi connectivity index (χ1) is 7.18. The highest BCUT2D eigenvalue weighted by atomic mass is 17.3. The van der Waals surface area contributed by atoms with Crippen molar-refractivity contribution in [3.63, 3.8) is 0 Å². The highest BCUT2D eigenvalue weighted by Crippen LogP contribution is 2.30. The van der Waals surface area contributed by atoms with Crippen LogP contribution in [0.25, 0.3) is 0 Å². The molecule has 1 aliphatic carbocycles. The Morgan fingerprint density at radius 2 is 1.67 bits per heavy atom. The van der Waals surface area contributed by atoms with Gasteiger partial charge in [-0.05, 0) is 12.8 Å². The number of carbonyl (C=O) groups excluding carboxylic acids is 1. The number of hydrogen-bond donors (Lipinski definition) is 1. The number of hydrogen-bond acceptors (Lipinski definition) is 5. The van der Waals surface area contributed by atoms with Crippen molar-refractivity contribution in [3.05, 3.63) is 0 Å². The minimum atomic E-state index is -1.16. The van der Waals surface area contributed by atoms with Crippen LogP contribution >= 0.6 is 0 Å². The first kappa shape index (κ1) is 12.4. The van der Waals surface area contributed by atoms with Crippen LogP contribution in [-0.4, -0.2) is 17.0 Å². The molecule has 0 heterocycles. The Bertz CT molecular complexity index is 196. The third-order valence-electron chi connectivity index (χ3n) is 2.59. The second-order valence-electron chi connectivity index (χ2n) is 3.93. The van der Waals surface area contributed by atoms with Gasteiger partial charge in [0.15, 0.2) is 0 Å². The predicted molar refractivity (Wildman–Crippen MR) is 51.6 cm³/mol. The molecule has 0 radical (unpaired) electrons. The van der Waals surface area contributed by atoms with Gasteiger partial charge in [0.05, 0.1) is 0 Å². The van der Waals surface area contributed by atoms with Gasteiger partial charge in [-0.25, -0.2) is 10.1 Å². The summed E-state index contributed by atoms with van der Waals surface area (Å²) in [4.78, 5) is 24.3. The van der Waals surface area contributed by atoms with E-state index in [1.165, 1.54) is 13.3 Å². The topological polar surface area (TPSA) is 65.0 Å². The fourth-order valence-electron chi connectivity index (χ4n) is 1.77. The van der Waals surface area contributed by atoms with Gasteiger partial charge in [0.2, 0.25) is 5.79 Å². The van der Waals surface area contributed by atoms with Crippen molar-refractivity contribution in [1.82, 2.24) is 0 Å². The van der Waals surface area contributed by atoms with Crippen LogP contribution < -0.4 is 0 Å². The first-order valence-corrected chi connectivity index (χ1v) is 5.37. The van der Waals surface area contributed by atoms with E-state index in [1.54, 1.807) is 0 Å². The monoisotopic (exact) mass is 218 g/mol. The van der Waals surface area contributed by atoms with Crippen molar-refractivity contribution in [1.29, 1.82) is 0 Å². The van der Waals surface area contributed by atoms with E-state index in [4.69, 9.17) is 10.1 Å². The standard InChI is InChI=1S/C10H18O5/c1-9(11)13-15-10(14-12)7-5-3-2-4-6-8-10/h12H,2-8H2,1H3. The molecule has 1 saturated carbocycles. The third-order valence-corrected chi connectivity index (χ3v) is 2.59. The highest BCUT2D eigenvalue weighted by molar-refractivity contribution is 5.65. The molecular formula is C10H18O5. The maximum Gasteiger partial charge on any atom is 0.339 e. The zero-order chi connectivity index (χ0) is 11.1. The van der Waals surface area contributed by atoms with Crippen molar-refractivity contribution in [2.75, 3.05) is 0 Å². The summed E-state index contributed by atoms with van der Waals surface area (Å²) < 4.78 is 0.